The first kappa shape index (κ1) is 16.1. The van der Waals surface area contributed by atoms with Crippen molar-refractivity contribution in [3.8, 4) is 0 Å². The quantitative estimate of drug-likeness (QED) is 0.733. The number of carbonyl (C=O) groups excluding carboxylic acids is 2. The molecule has 0 aromatic heterocycles. The SMILES string of the molecule is COC(=O)C(CCSC)NC(=O)NC1CCCCC1. The third-order valence-electron chi connectivity index (χ3n) is 3.34. The average molecular weight is 288 g/mol. The molecule has 1 fully saturated rings. The van der Waals surface area contributed by atoms with Gasteiger partial charge in [0.25, 0.3) is 0 Å². The molecule has 1 saturated carbocycles. The highest BCUT2D eigenvalue weighted by molar-refractivity contribution is 7.98. The van der Waals surface area contributed by atoms with Crippen LogP contribution in [0.2, 0.25) is 0 Å². The zero-order valence-electron chi connectivity index (χ0n) is 11.7. The minimum atomic E-state index is -0.555. The fourth-order valence-electron chi connectivity index (χ4n) is 2.26. The molecular weight excluding hydrogens is 264 g/mol. The lowest BCUT2D eigenvalue weighted by Crippen LogP contribution is -2.49. The van der Waals surface area contributed by atoms with Crippen LogP contribution in [0.25, 0.3) is 0 Å². The Labute approximate surface area is 119 Å². The van der Waals surface area contributed by atoms with Gasteiger partial charge in [-0.2, -0.15) is 11.8 Å². The summed E-state index contributed by atoms with van der Waals surface area (Å²) < 4.78 is 4.71. The molecule has 0 aliphatic heterocycles. The number of ether oxygens (including phenoxy) is 1. The van der Waals surface area contributed by atoms with Gasteiger partial charge in [0.1, 0.15) is 6.04 Å². The fraction of sp³-hybridized carbons (Fsp3) is 0.846. The smallest absolute Gasteiger partial charge is 0.328 e. The molecule has 1 aliphatic rings. The van der Waals surface area contributed by atoms with Gasteiger partial charge in [-0.25, -0.2) is 9.59 Å². The summed E-state index contributed by atoms with van der Waals surface area (Å²) in [7, 11) is 1.34. The highest BCUT2D eigenvalue weighted by Crippen LogP contribution is 2.17. The maximum absolute atomic E-state index is 11.9. The van der Waals surface area contributed by atoms with Crippen LogP contribution in [0.3, 0.4) is 0 Å². The van der Waals surface area contributed by atoms with Crippen LogP contribution in [0.1, 0.15) is 38.5 Å². The molecule has 0 heterocycles. The third-order valence-corrected chi connectivity index (χ3v) is 3.99. The number of urea groups is 1. The molecule has 6 heteroatoms. The van der Waals surface area contributed by atoms with E-state index < -0.39 is 6.04 Å². The van der Waals surface area contributed by atoms with Crippen molar-refractivity contribution < 1.29 is 14.3 Å². The van der Waals surface area contributed by atoms with Crippen molar-refractivity contribution in [2.45, 2.75) is 50.6 Å². The molecule has 0 radical (unpaired) electrons. The molecule has 1 atom stereocenters. The Bertz CT molecular complexity index is 294. The van der Waals surface area contributed by atoms with Gasteiger partial charge in [0.15, 0.2) is 0 Å². The summed E-state index contributed by atoms with van der Waals surface area (Å²) in [5.41, 5.74) is 0. The molecule has 1 unspecified atom stereocenters. The molecule has 5 nitrogen and oxygen atoms in total. The maximum Gasteiger partial charge on any atom is 0.328 e. The Morgan fingerprint density at radius 1 is 1.32 bits per heavy atom. The minimum Gasteiger partial charge on any atom is -0.467 e. The summed E-state index contributed by atoms with van der Waals surface area (Å²) in [5.74, 6) is 0.427. The van der Waals surface area contributed by atoms with Gasteiger partial charge in [-0.1, -0.05) is 19.3 Å². The van der Waals surface area contributed by atoms with Crippen LogP contribution >= 0.6 is 11.8 Å². The van der Waals surface area contributed by atoms with Crippen LogP contribution < -0.4 is 10.6 Å². The number of thioether (sulfide) groups is 1. The molecule has 110 valence electrons. The Hall–Kier alpha value is -0.910. The second-order valence-electron chi connectivity index (χ2n) is 4.81. The zero-order chi connectivity index (χ0) is 14.1. The van der Waals surface area contributed by atoms with Gasteiger partial charge in [-0.15, -0.1) is 0 Å². The van der Waals surface area contributed by atoms with E-state index in [4.69, 9.17) is 4.74 Å². The summed E-state index contributed by atoms with van der Waals surface area (Å²) >= 11 is 1.64. The normalized spacial score (nSPS) is 17.6. The van der Waals surface area contributed by atoms with E-state index in [1.165, 1.54) is 13.5 Å². The zero-order valence-corrected chi connectivity index (χ0v) is 12.6. The number of amides is 2. The van der Waals surface area contributed by atoms with E-state index in [-0.39, 0.29) is 18.0 Å². The van der Waals surface area contributed by atoms with Gasteiger partial charge in [0.2, 0.25) is 0 Å². The molecule has 0 bridgehead atoms. The predicted octanol–water partition coefficient (Wildman–Crippen LogP) is 1.91. The number of methoxy groups -OCH3 is 1. The molecule has 1 aliphatic carbocycles. The Balaban J connectivity index is 2.38. The maximum atomic E-state index is 11.9. The number of nitrogens with one attached hydrogen (secondary N) is 2. The van der Waals surface area contributed by atoms with Gasteiger partial charge in [0.05, 0.1) is 7.11 Å². The van der Waals surface area contributed by atoms with Crippen LogP contribution in [0.4, 0.5) is 4.79 Å². The molecular formula is C13H24N2O3S. The van der Waals surface area contributed by atoms with Crippen molar-refractivity contribution >= 4 is 23.8 Å². The second kappa shape index (κ2) is 9.07. The highest BCUT2D eigenvalue weighted by atomic mass is 32.2. The number of hydrogen-bond donors (Lipinski definition) is 2. The predicted molar refractivity (Wildman–Crippen MR) is 77.3 cm³/mol. The molecule has 0 saturated heterocycles. The fourth-order valence-corrected chi connectivity index (χ4v) is 2.73. The first-order valence-corrected chi connectivity index (χ1v) is 8.20. The van der Waals surface area contributed by atoms with Crippen molar-refractivity contribution in [3.05, 3.63) is 0 Å². The molecule has 19 heavy (non-hydrogen) atoms. The van der Waals surface area contributed by atoms with E-state index in [0.29, 0.717) is 6.42 Å². The molecule has 0 aromatic carbocycles. The van der Waals surface area contributed by atoms with E-state index in [9.17, 15) is 9.59 Å². The topological polar surface area (TPSA) is 67.4 Å². The van der Waals surface area contributed by atoms with Crippen molar-refractivity contribution in [2.24, 2.45) is 0 Å². The highest BCUT2D eigenvalue weighted by Gasteiger charge is 2.22. The largest absolute Gasteiger partial charge is 0.467 e. The van der Waals surface area contributed by atoms with E-state index in [0.717, 1.165) is 31.4 Å². The van der Waals surface area contributed by atoms with Gasteiger partial charge in [-0.3, -0.25) is 0 Å². The monoisotopic (exact) mass is 288 g/mol. The standard InChI is InChI=1S/C13H24N2O3S/c1-18-12(16)11(8-9-19-2)15-13(17)14-10-6-4-3-5-7-10/h10-11H,3-9H2,1-2H3,(H2,14,15,17). The number of hydrogen-bond acceptors (Lipinski definition) is 4. The van der Waals surface area contributed by atoms with Crippen LogP contribution in [0.15, 0.2) is 0 Å². The molecule has 2 N–H and O–H groups in total. The lowest BCUT2D eigenvalue weighted by Gasteiger charge is -2.24. The third kappa shape index (κ3) is 6.18. The first-order valence-electron chi connectivity index (χ1n) is 6.81. The van der Waals surface area contributed by atoms with Crippen LogP contribution in [0.5, 0.6) is 0 Å². The van der Waals surface area contributed by atoms with Gasteiger partial charge in [-0.05, 0) is 31.3 Å². The van der Waals surface area contributed by atoms with Gasteiger partial charge >= 0.3 is 12.0 Å². The summed E-state index contributed by atoms with van der Waals surface area (Å²) in [6.45, 7) is 0. The average Bonchev–Trinajstić information content (AvgIpc) is 2.43. The van der Waals surface area contributed by atoms with E-state index >= 15 is 0 Å². The minimum absolute atomic E-state index is 0.243. The van der Waals surface area contributed by atoms with E-state index in [1.807, 2.05) is 6.26 Å². The first-order chi connectivity index (χ1) is 9.17. The Kier molecular flexibility index (Phi) is 7.70. The number of rotatable bonds is 6. The molecule has 1 rings (SSSR count). The molecule has 0 spiro atoms. The van der Waals surface area contributed by atoms with E-state index in [2.05, 4.69) is 10.6 Å². The van der Waals surface area contributed by atoms with Crippen molar-refractivity contribution in [3.63, 3.8) is 0 Å². The van der Waals surface area contributed by atoms with E-state index in [1.54, 1.807) is 11.8 Å². The Morgan fingerprint density at radius 3 is 2.58 bits per heavy atom. The lowest BCUT2D eigenvalue weighted by atomic mass is 9.96. The summed E-state index contributed by atoms with van der Waals surface area (Å²) in [6, 6.07) is -0.572. The van der Waals surface area contributed by atoms with Crippen molar-refractivity contribution in [2.75, 3.05) is 19.1 Å². The Morgan fingerprint density at radius 2 is 2.00 bits per heavy atom. The van der Waals surface area contributed by atoms with Crippen molar-refractivity contribution in [1.82, 2.24) is 10.6 Å². The number of carbonyl (C=O) groups is 2. The van der Waals surface area contributed by atoms with Crippen LogP contribution in [-0.4, -0.2) is 43.2 Å². The summed E-state index contributed by atoms with van der Waals surface area (Å²) in [4.78, 5) is 23.4. The second-order valence-corrected chi connectivity index (χ2v) is 5.80. The van der Waals surface area contributed by atoms with Gasteiger partial charge in [0, 0.05) is 6.04 Å². The molecule has 0 aromatic rings. The van der Waals surface area contributed by atoms with Crippen LogP contribution in [-0.2, 0) is 9.53 Å². The van der Waals surface area contributed by atoms with Gasteiger partial charge < -0.3 is 15.4 Å². The summed E-state index contributed by atoms with van der Waals surface area (Å²) in [5, 5.41) is 5.65. The molecule has 2 amide bonds. The summed E-state index contributed by atoms with van der Waals surface area (Å²) in [6.07, 6.45) is 8.19. The van der Waals surface area contributed by atoms with Crippen LogP contribution in [0, 0.1) is 0 Å². The number of esters is 1. The lowest BCUT2D eigenvalue weighted by molar-refractivity contribution is -0.142. The van der Waals surface area contributed by atoms with Crippen molar-refractivity contribution in [1.29, 1.82) is 0 Å².